The molecule has 10 heteroatoms. The minimum Gasteiger partial charge on any atom is -0.385 e. The van der Waals surface area contributed by atoms with Crippen molar-refractivity contribution in [3.8, 4) is 11.3 Å². The van der Waals surface area contributed by atoms with Gasteiger partial charge >= 0.3 is 0 Å². The second kappa shape index (κ2) is 9.53. The summed E-state index contributed by atoms with van der Waals surface area (Å²) in [5.74, 6) is -0.158. The number of benzene rings is 1. The Kier molecular flexibility index (Phi) is 5.94. The van der Waals surface area contributed by atoms with Gasteiger partial charge in [-0.2, -0.15) is 5.10 Å². The fourth-order valence-electron chi connectivity index (χ4n) is 6.17. The number of imide groups is 1. The monoisotopic (exact) mass is 542 g/mol. The number of nitrogens with zero attached hydrogens (tertiary/aromatic N) is 4. The smallest absolute Gasteiger partial charge is 0.255 e. The van der Waals surface area contributed by atoms with Crippen LogP contribution < -0.4 is 10.6 Å². The molecule has 0 radical (unpaired) electrons. The van der Waals surface area contributed by atoms with Crippen molar-refractivity contribution in [2.45, 2.75) is 70.0 Å². The van der Waals surface area contributed by atoms with Crippen molar-refractivity contribution in [1.82, 2.24) is 25.0 Å². The van der Waals surface area contributed by atoms with Crippen LogP contribution in [0.2, 0.25) is 0 Å². The first-order chi connectivity index (χ1) is 19.3. The molecule has 2 N–H and O–H groups in total. The number of piperidine rings is 1. The summed E-state index contributed by atoms with van der Waals surface area (Å²) in [6, 6.07) is 8.70. The van der Waals surface area contributed by atoms with Gasteiger partial charge in [-0.25, -0.2) is 9.37 Å². The lowest BCUT2D eigenvalue weighted by atomic mass is 9.80. The van der Waals surface area contributed by atoms with Gasteiger partial charge in [0.05, 0.1) is 23.1 Å². The van der Waals surface area contributed by atoms with Gasteiger partial charge in [0.1, 0.15) is 11.9 Å². The fraction of sp³-hybridized carbons (Fsp3) is 0.433. The van der Waals surface area contributed by atoms with E-state index in [-0.39, 0.29) is 24.1 Å². The first-order valence-corrected chi connectivity index (χ1v) is 14.1. The second-order valence-corrected chi connectivity index (χ2v) is 11.6. The van der Waals surface area contributed by atoms with E-state index in [9.17, 15) is 18.8 Å². The highest BCUT2D eigenvalue weighted by molar-refractivity contribution is 6.05. The number of aryl methyl sites for hydroxylation is 1. The van der Waals surface area contributed by atoms with Crippen LogP contribution in [0.1, 0.15) is 77.8 Å². The van der Waals surface area contributed by atoms with Crippen molar-refractivity contribution in [3.05, 3.63) is 64.9 Å². The molecule has 1 aromatic carbocycles. The largest absolute Gasteiger partial charge is 0.385 e. The number of carbonyl (C=O) groups is 3. The van der Waals surface area contributed by atoms with Crippen molar-refractivity contribution in [2.75, 3.05) is 11.9 Å². The number of hydrogen-bond donors (Lipinski definition) is 2. The zero-order valence-electron chi connectivity index (χ0n) is 22.3. The molecule has 2 aliphatic carbocycles. The van der Waals surface area contributed by atoms with Crippen LogP contribution in [0.3, 0.4) is 0 Å². The molecule has 0 spiro atoms. The number of nitrogens with one attached hydrogen (secondary N) is 2. The summed E-state index contributed by atoms with van der Waals surface area (Å²) in [7, 11) is 0. The number of hydrogen-bond acceptors (Lipinski definition) is 6. The Bertz CT molecular complexity index is 1540. The summed E-state index contributed by atoms with van der Waals surface area (Å²) < 4.78 is 15.9. The second-order valence-electron chi connectivity index (χ2n) is 11.6. The maximum Gasteiger partial charge on any atom is 0.255 e. The summed E-state index contributed by atoms with van der Waals surface area (Å²) in [5, 5.41) is 10.8. The Morgan fingerprint density at radius 3 is 2.65 bits per heavy atom. The number of carbonyl (C=O) groups excluding carboxylic acids is 3. The van der Waals surface area contributed by atoms with Gasteiger partial charge in [0.25, 0.3) is 5.91 Å². The maximum absolute atomic E-state index is 13.8. The van der Waals surface area contributed by atoms with Crippen molar-refractivity contribution in [3.63, 3.8) is 0 Å². The minimum absolute atomic E-state index is 0.159. The summed E-state index contributed by atoms with van der Waals surface area (Å²) in [4.78, 5) is 42.8. The molecule has 7 rings (SSSR count). The predicted molar refractivity (Wildman–Crippen MR) is 145 cm³/mol. The average molecular weight is 543 g/mol. The van der Waals surface area contributed by atoms with E-state index in [1.54, 1.807) is 17.9 Å². The third-order valence-electron chi connectivity index (χ3n) is 8.73. The summed E-state index contributed by atoms with van der Waals surface area (Å²) in [6.07, 6.45) is 7.00. The number of amides is 3. The summed E-state index contributed by atoms with van der Waals surface area (Å²) in [5.41, 5.74) is 5.76. The molecular weight excluding hydrogens is 511 g/mol. The van der Waals surface area contributed by atoms with Gasteiger partial charge in [0, 0.05) is 48.4 Å². The van der Waals surface area contributed by atoms with Gasteiger partial charge in [-0.15, -0.1) is 0 Å². The van der Waals surface area contributed by atoms with Gasteiger partial charge in [-0.1, -0.05) is 0 Å². The van der Waals surface area contributed by atoms with Gasteiger partial charge in [0.15, 0.2) is 0 Å². The lowest BCUT2D eigenvalue weighted by Gasteiger charge is -2.35. The molecule has 3 amide bonds. The van der Waals surface area contributed by atoms with E-state index in [2.05, 4.69) is 26.5 Å². The third-order valence-corrected chi connectivity index (χ3v) is 8.73. The molecule has 2 saturated carbocycles. The van der Waals surface area contributed by atoms with Gasteiger partial charge in [-0.3, -0.25) is 24.4 Å². The number of fused-ring (bicyclic) bond motifs is 1. The molecule has 3 aromatic rings. The molecule has 40 heavy (non-hydrogen) atoms. The number of aromatic nitrogens is 3. The van der Waals surface area contributed by atoms with Gasteiger partial charge < -0.3 is 10.2 Å². The first-order valence-electron chi connectivity index (χ1n) is 14.1. The SMILES string of the molecule is Cc1nc(-c2cn(C3CC(CNc4ccc5c(c4)CN([C@H]4CCC(=O)NC4=O)C5=O)C3)nc2C2CC2)ccc1F. The number of halogens is 1. The lowest BCUT2D eigenvalue weighted by molar-refractivity contribution is -0.136. The molecule has 0 bridgehead atoms. The molecule has 1 atom stereocenters. The highest BCUT2D eigenvalue weighted by Crippen LogP contribution is 2.45. The van der Waals surface area contributed by atoms with E-state index in [0.29, 0.717) is 42.1 Å². The predicted octanol–water partition coefficient (Wildman–Crippen LogP) is 4.09. The number of pyridine rings is 1. The van der Waals surface area contributed by atoms with Crippen molar-refractivity contribution in [2.24, 2.45) is 5.92 Å². The maximum atomic E-state index is 13.8. The van der Waals surface area contributed by atoms with E-state index in [1.165, 1.54) is 6.07 Å². The highest BCUT2D eigenvalue weighted by Gasteiger charge is 2.39. The van der Waals surface area contributed by atoms with Crippen LogP contribution in [0.5, 0.6) is 0 Å². The van der Waals surface area contributed by atoms with E-state index < -0.39 is 11.9 Å². The molecule has 9 nitrogen and oxygen atoms in total. The van der Waals surface area contributed by atoms with Crippen LogP contribution in [0, 0.1) is 18.7 Å². The molecule has 4 heterocycles. The van der Waals surface area contributed by atoms with Crippen LogP contribution >= 0.6 is 0 Å². The molecule has 0 unspecified atom stereocenters. The Hall–Kier alpha value is -4.08. The molecule has 2 aromatic heterocycles. The normalized spacial score (nSPS) is 24.1. The zero-order chi connectivity index (χ0) is 27.5. The van der Waals surface area contributed by atoms with Crippen LogP contribution in [0.15, 0.2) is 36.5 Å². The number of rotatable bonds is 7. The van der Waals surface area contributed by atoms with Crippen molar-refractivity contribution >= 4 is 23.4 Å². The first kappa shape index (κ1) is 24.9. The number of anilines is 1. The molecule has 3 fully saturated rings. The summed E-state index contributed by atoms with van der Waals surface area (Å²) >= 11 is 0. The zero-order valence-corrected chi connectivity index (χ0v) is 22.3. The molecule has 2 aliphatic heterocycles. The average Bonchev–Trinajstić information content (AvgIpc) is 3.58. The quantitative estimate of drug-likeness (QED) is 0.436. The standard InChI is InChI=1S/C30H31FN6O3/c1-16-24(31)6-7-25(33-16)23-15-37(35-28(23)18-2-3-18)21-10-17(11-21)13-32-20-4-5-22-19(12-20)14-36(30(22)40)26-8-9-27(38)34-29(26)39/h4-7,12,15,17-18,21,26,32H,2-3,8-11,13-14H2,1H3,(H,34,38,39)/t17?,21?,26-/m0/s1. The fourth-order valence-corrected chi connectivity index (χ4v) is 6.17. The molecule has 1 saturated heterocycles. The van der Waals surface area contributed by atoms with Crippen LogP contribution in [-0.4, -0.2) is 50.0 Å². The highest BCUT2D eigenvalue weighted by atomic mass is 19.1. The van der Waals surface area contributed by atoms with E-state index in [4.69, 9.17) is 5.10 Å². The Morgan fingerprint density at radius 1 is 1.07 bits per heavy atom. The van der Waals surface area contributed by atoms with Crippen molar-refractivity contribution < 1.29 is 18.8 Å². The lowest BCUT2D eigenvalue weighted by Crippen LogP contribution is -2.52. The van der Waals surface area contributed by atoms with E-state index in [1.807, 2.05) is 18.2 Å². The van der Waals surface area contributed by atoms with E-state index >= 15 is 0 Å². The summed E-state index contributed by atoms with van der Waals surface area (Å²) in [6.45, 7) is 2.88. The van der Waals surface area contributed by atoms with Crippen LogP contribution in [0.4, 0.5) is 10.1 Å². The van der Waals surface area contributed by atoms with Crippen molar-refractivity contribution in [1.29, 1.82) is 0 Å². The van der Waals surface area contributed by atoms with E-state index in [0.717, 1.165) is 60.4 Å². The Balaban J connectivity index is 0.971. The third kappa shape index (κ3) is 4.45. The van der Waals surface area contributed by atoms with Gasteiger partial charge in [-0.05, 0) is 80.8 Å². The van der Waals surface area contributed by atoms with Gasteiger partial charge in [0.2, 0.25) is 11.8 Å². The topological polar surface area (TPSA) is 109 Å². The van der Waals surface area contributed by atoms with Crippen LogP contribution in [0.25, 0.3) is 11.3 Å². The molecular formula is C30H31FN6O3. The molecule has 206 valence electrons. The minimum atomic E-state index is -0.605. The Labute approximate surface area is 231 Å². The Morgan fingerprint density at radius 2 is 1.90 bits per heavy atom. The molecule has 4 aliphatic rings. The van der Waals surface area contributed by atoms with Crippen LogP contribution in [-0.2, 0) is 16.1 Å².